The molecule has 1 N–H and O–H groups in total. The molecule has 2 aromatic rings. The van der Waals surface area contributed by atoms with Crippen molar-refractivity contribution in [2.24, 2.45) is 0 Å². The van der Waals surface area contributed by atoms with Gasteiger partial charge in [-0.05, 0) is 32.0 Å². The van der Waals surface area contributed by atoms with Crippen molar-refractivity contribution < 1.29 is 0 Å². The predicted octanol–water partition coefficient (Wildman–Crippen LogP) is 2.99. The molecule has 0 saturated carbocycles. The van der Waals surface area contributed by atoms with E-state index in [1.54, 1.807) is 0 Å². The molecular weight excluding hydrogens is 222 g/mol. The first-order valence-corrected chi connectivity index (χ1v) is 6.52. The number of aromatic nitrogens is 2. The Morgan fingerprint density at radius 3 is 2.89 bits per heavy atom. The predicted molar refractivity (Wildman–Crippen MR) is 75.5 cm³/mol. The molecule has 1 heterocycles. The van der Waals surface area contributed by atoms with Crippen molar-refractivity contribution >= 4 is 0 Å². The number of hydrogen-bond donors (Lipinski definition) is 1. The lowest BCUT2D eigenvalue weighted by Crippen LogP contribution is -2.08. The zero-order valence-corrected chi connectivity index (χ0v) is 11.4. The minimum absolute atomic E-state index is 0.870. The molecule has 0 bridgehead atoms. The summed E-state index contributed by atoms with van der Waals surface area (Å²) < 4.78 is 2.23. The fourth-order valence-corrected chi connectivity index (χ4v) is 2.22. The van der Waals surface area contributed by atoms with Crippen LogP contribution in [0.3, 0.4) is 0 Å². The monoisotopic (exact) mass is 243 g/mol. The summed E-state index contributed by atoms with van der Waals surface area (Å²) in [7, 11) is 1.97. The van der Waals surface area contributed by atoms with Crippen LogP contribution in [0.2, 0.25) is 0 Å². The van der Waals surface area contributed by atoms with E-state index >= 15 is 0 Å². The van der Waals surface area contributed by atoms with Crippen LogP contribution in [0.15, 0.2) is 30.6 Å². The molecule has 0 spiro atoms. The van der Waals surface area contributed by atoms with Crippen molar-refractivity contribution in [3.8, 4) is 11.4 Å². The first-order chi connectivity index (χ1) is 8.76. The van der Waals surface area contributed by atoms with Gasteiger partial charge >= 0.3 is 0 Å². The maximum Gasteiger partial charge on any atom is 0.140 e. The van der Waals surface area contributed by atoms with Crippen molar-refractivity contribution in [2.75, 3.05) is 7.05 Å². The second-order valence-corrected chi connectivity index (χ2v) is 4.64. The van der Waals surface area contributed by atoms with Crippen LogP contribution < -0.4 is 5.32 Å². The number of nitrogens with one attached hydrogen (secondary N) is 1. The highest BCUT2D eigenvalue weighted by atomic mass is 15.1. The Morgan fingerprint density at radius 1 is 1.33 bits per heavy atom. The SMILES string of the molecule is CCCn1ccnc1-c1cc(C)ccc1CNC. The second kappa shape index (κ2) is 5.83. The average molecular weight is 243 g/mol. The van der Waals surface area contributed by atoms with Gasteiger partial charge in [-0.2, -0.15) is 0 Å². The largest absolute Gasteiger partial charge is 0.331 e. The number of nitrogens with zero attached hydrogens (tertiary/aromatic N) is 2. The summed E-state index contributed by atoms with van der Waals surface area (Å²) in [5, 5.41) is 3.22. The Kier molecular flexibility index (Phi) is 4.15. The Bertz CT molecular complexity index is 514. The minimum atomic E-state index is 0.870. The molecule has 0 aliphatic heterocycles. The summed E-state index contributed by atoms with van der Waals surface area (Å²) >= 11 is 0. The minimum Gasteiger partial charge on any atom is -0.331 e. The molecule has 1 aromatic carbocycles. The lowest BCUT2D eigenvalue weighted by atomic mass is 10.0. The highest BCUT2D eigenvalue weighted by Crippen LogP contribution is 2.24. The van der Waals surface area contributed by atoms with Crippen LogP contribution in [0.4, 0.5) is 0 Å². The van der Waals surface area contributed by atoms with Gasteiger partial charge in [0.2, 0.25) is 0 Å². The van der Waals surface area contributed by atoms with Gasteiger partial charge in [-0.1, -0.05) is 24.6 Å². The standard InChI is InChI=1S/C15H21N3/c1-4-8-18-9-7-17-15(18)14-10-12(2)5-6-13(14)11-16-3/h5-7,9-10,16H,4,8,11H2,1-3H3. The Labute approximate surface area is 109 Å². The Balaban J connectivity index is 2.47. The van der Waals surface area contributed by atoms with Gasteiger partial charge in [0, 0.05) is 31.0 Å². The summed E-state index contributed by atoms with van der Waals surface area (Å²) in [4.78, 5) is 4.52. The Hall–Kier alpha value is -1.61. The molecule has 0 fully saturated rings. The Morgan fingerprint density at radius 2 is 2.17 bits per heavy atom. The summed E-state index contributed by atoms with van der Waals surface area (Å²) in [5.74, 6) is 1.07. The number of benzene rings is 1. The first kappa shape index (κ1) is 12.8. The van der Waals surface area contributed by atoms with Gasteiger partial charge in [0.25, 0.3) is 0 Å². The molecule has 0 aliphatic rings. The lowest BCUT2D eigenvalue weighted by molar-refractivity contribution is 0.684. The van der Waals surface area contributed by atoms with Gasteiger partial charge in [-0.25, -0.2) is 4.98 Å². The van der Waals surface area contributed by atoms with Crippen LogP contribution in [0.5, 0.6) is 0 Å². The van der Waals surface area contributed by atoms with Crippen LogP contribution in [-0.2, 0) is 13.1 Å². The van der Waals surface area contributed by atoms with E-state index in [0.717, 1.165) is 25.3 Å². The fraction of sp³-hybridized carbons (Fsp3) is 0.400. The van der Waals surface area contributed by atoms with Gasteiger partial charge in [0.1, 0.15) is 5.82 Å². The summed E-state index contributed by atoms with van der Waals surface area (Å²) in [5.41, 5.74) is 3.81. The first-order valence-electron chi connectivity index (χ1n) is 6.52. The second-order valence-electron chi connectivity index (χ2n) is 4.64. The molecule has 0 unspecified atom stereocenters. The molecule has 1 aromatic heterocycles. The van der Waals surface area contributed by atoms with Crippen molar-refractivity contribution in [2.45, 2.75) is 33.4 Å². The average Bonchev–Trinajstić information content (AvgIpc) is 2.80. The maximum absolute atomic E-state index is 4.52. The smallest absolute Gasteiger partial charge is 0.140 e. The fourth-order valence-electron chi connectivity index (χ4n) is 2.22. The lowest BCUT2D eigenvalue weighted by Gasteiger charge is -2.12. The highest BCUT2D eigenvalue weighted by molar-refractivity contribution is 5.62. The van der Waals surface area contributed by atoms with Crippen molar-refractivity contribution in [3.63, 3.8) is 0 Å². The van der Waals surface area contributed by atoms with E-state index < -0.39 is 0 Å². The van der Waals surface area contributed by atoms with Crippen LogP contribution >= 0.6 is 0 Å². The molecule has 18 heavy (non-hydrogen) atoms. The third kappa shape index (κ3) is 2.62. The summed E-state index contributed by atoms with van der Waals surface area (Å²) in [6, 6.07) is 6.57. The third-order valence-corrected chi connectivity index (χ3v) is 3.05. The van der Waals surface area contributed by atoms with E-state index in [1.807, 2.05) is 13.2 Å². The molecule has 2 rings (SSSR count). The zero-order valence-electron chi connectivity index (χ0n) is 11.4. The molecule has 0 aliphatic carbocycles. The molecule has 96 valence electrons. The number of imidazole rings is 1. The van der Waals surface area contributed by atoms with E-state index in [4.69, 9.17) is 0 Å². The number of rotatable bonds is 5. The maximum atomic E-state index is 4.52. The molecule has 3 nitrogen and oxygen atoms in total. The van der Waals surface area contributed by atoms with Crippen LogP contribution in [-0.4, -0.2) is 16.6 Å². The third-order valence-electron chi connectivity index (χ3n) is 3.05. The van der Waals surface area contributed by atoms with Crippen LogP contribution in [0.1, 0.15) is 24.5 Å². The van der Waals surface area contributed by atoms with Gasteiger partial charge in [-0.3, -0.25) is 0 Å². The highest BCUT2D eigenvalue weighted by Gasteiger charge is 2.10. The normalized spacial score (nSPS) is 10.8. The molecular formula is C15H21N3. The zero-order chi connectivity index (χ0) is 13.0. The number of hydrogen-bond acceptors (Lipinski definition) is 2. The van der Waals surface area contributed by atoms with Crippen LogP contribution in [0, 0.1) is 6.92 Å². The topological polar surface area (TPSA) is 29.9 Å². The quantitative estimate of drug-likeness (QED) is 0.875. The number of aryl methyl sites for hydroxylation is 2. The van der Waals surface area contributed by atoms with E-state index in [2.05, 4.69) is 53.1 Å². The van der Waals surface area contributed by atoms with Crippen LogP contribution in [0.25, 0.3) is 11.4 Å². The van der Waals surface area contributed by atoms with Crippen molar-refractivity contribution in [3.05, 3.63) is 41.7 Å². The van der Waals surface area contributed by atoms with E-state index in [-0.39, 0.29) is 0 Å². The molecule has 3 heteroatoms. The van der Waals surface area contributed by atoms with E-state index in [1.165, 1.54) is 16.7 Å². The van der Waals surface area contributed by atoms with Gasteiger partial charge < -0.3 is 9.88 Å². The van der Waals surface area contributed by atoms with E-state index in [0.29, 0.717) is 0 Å². The summed E-state index contributed by atoms with van der Waals surface area (Å²) in [6.45, 7) is 6.20. The summed E-state index contributed by atoms with van der Waals surface area (Å²) in [6.07, 6.45) is 5.07. The van der Waals surface area contributed by atoms with Crippen molar-refractivity contribution in [1.82, 2.24) is 14.9 Å². The van der Waals surface area contributed by atoms with Crippen molar-refractivity contribution in [1.29, 1.82) is 0 Å². The molecule has 0 radical (unpaired) electrons. The van der Waals surface area contributed by atoms with Gasteiger partial charge in [-0.15, -0.1) is 0 Å². The molecule has 0 atom stereocenters. The molecule has 0 amide bonds. The van der Waals surface area contributed by atoms with Gasteiger partial charge in [0.15, 0.2) is 0 Å². The molecule has 0 saturated heterocycles. The van der Waals surface area contributed by atoms with E-state index in [9.17, 15) is 0 Å². The van der Waals surface area contributed by atoms with Gasteiger partial charge in [0.05, 0.1) is 0 Å².